The lowest BCUT2D eigenvalue weighted by atomic mass is 9.74. The molecule has 21 heavy (non-hydrogen) atoms. The van der Waals surface area contributed by atoms with Crippen LogP contribution in [0, 0.1) is 0 Å². The number of hydrogen-bond acceptors (Lipinski definition) is 4. The van der Waals surface area contributed by atoms with Gasteiger partial charge in [0, 0.05) is 18.4 Å². The van der Waals surface area contributed by atoms with Crippen molar-refractivity contribution in [2.45, 2.75) is 37.0 Å². The van der Waals surface area contributed by atoms with Crippen molar-refractivity contribution in [3.8, 4) is 5.75 Å². The number of ether oxygens (including phenoxy) is 3. The third-order valence-corrected chi connectivity index (χ3v) is 4.78. The molecule has 1 aromatic carbocycles. The van der Waals surface area contributed by atoms with E-state index in [0.717, 1.165) is 44.6 Å². The molecule has 118 valence electrons. The lowest BCUT2D eigenvalue weighted by molar-refractivity contribution is -0.186. The summed E-state index contributed by atoms with van der Waals surface area (Å²) in [7, 11) is 3.75. The average molecular weight is 314 g/mol. The van der Waals surface area contributed by atoms with Gasteiger partial charge in [-0.3, -0.25) is 0 Å². The summed E-state index contributed by atoms with van der Waals surface area (Å²) in [5.74, 6) is 0.588. The molecule has 0 aromatic heterocycles. The van der Waals surface area contributed by atoms with Gasteiger partial charge < -0.3 is 19.5 Å². The molecule has 1 heterocycles. The molecule has 3 rings (SSSR count). The van der Waals surface area contributed by atoms with Gasteiger partial charge in [0.25, 0.3) is 0 Å². The zero-order valence-corrected chi connectivity index (χ0v) is 13.5. The van der Waals surface area contributed by atoms with Crippen LogP contribution >= 0.6 is 12.4 Å². The second-order valence-corrected chi connectivity index (χ2v) is 5.67. The van der Waals surface area contributed by atoms with Crippen molar-refractivity contribution in [2.75, 3.05) is 27.4 Å². The summed E-state index contributed by atoms with van der Waals surface area (Å²) in [6.07, 6.45) is 3.89. The molecule has 1 saturated carbocycles. The van der Waals surface area contributed by atoms with Crippen LogP contribution in [-0.4, -0.2) is 33.2 Å². The first-order chi connectivity index (χ1) is 9.72. The number of hydrogen-bond donors (Lipinski definition) is 1. The molecule has 1 saturated heterocycles. The Bertz CT molecular complexity index is 464. The molecule has 1 N–H and O–H groups in total. The molecule has 0 unspecified atom stereocenters. The maximum absolute atomic E-state index is 5.83. The summed E-state index contributed by atoms with van der Waals surface area (Å²) in [6.45, 7) is 1.46. The van der Waals surface area contributed by atoms with Crippen LogP contribution < -0.4 is 10.1 Å². The van der Waals surface area contributed by atoms with Gasteiger partial charge in [0.1, 0.15) is 5.75 Å². The monoisotopic (exact) mass is 313 g/mol. The molecule has 0 bridgehead atoms. The minimum Gasteiger partial charge on any atom is -0.497 e. The molecule has 4 nitrogen and oxygen atoms in total. The van der Waals surface area contributed by atoms with Crippen molar-refractivity contribution in [3.63, 3.8) is 0 Å². The molecular formula is C16H24ClNO3. The molecule has 0 radical (unpaired) electrons. The zero-order valence-electron chi connectivity index (χ0n) is 12.7. The van der Waals surface area contributed by atoms with E-state index in [9.17, 15) is 0 Å². The molecular weight excluding hydrogens is 290 g/mol. The first kappa shape index (κ1) is 16.6. The highest BCUT2D eigenvalue weighted by atomic mass is 35.5. The maximum atomic E-state index is 5.83. The molecule has 1 aliphatic carbocycles. The van der Waals surface area contributed by atoms with Gasteiger partial charge in [-0.05, 0) is 37.6 Å². The molecule has 0 atom stereocenters. The molecule has 2 fully saturated rings. The normalized spacial score (nSPS) is 22.8. The van der Waals surface area contributed by atoms with Crippen molar-refractivity contribution in [3.05, 3.63) is 29.8 Å². The van der Waals surface area contributed by atoms with Gasteiger partial charge in [0.05, 0.1) is 20.3 Å². The Labute approximate surface area is 132 Å². The lowest BCUT2D eigenvalue weighted by Crippen LogP contribution is -2.48. The van der Waals surface area contributed by atoms with Gasteiger partial charge in [0.15, 0.2) is 5.79 Å². The van der Waals surface area contributed by atoms with Crippen molar-refractivity contribution in [2.24, 2.45) is 0 Å². The van der Waals surface area contributed by atoms with Crippen LogP contribution in [0.5, 0.6) is 5.75 Å². The summed E-state index contributed by atoms with van der Waals surface area (Å²) < 4.78 is 17.0. The number of nitrogens with one attached hydrogen (secondary N) is 1. The molecule has 1 aliphatic heterocycles. The third kappa shape index (κ3) is 3.04. The van der Waals surface area contributed by atoms with Crippen molar-refractivity contribution < 1.29 is 14.2 Å². The van der Waals surface area contributed by atoms with Crippen molar-refractivity contribution in [1.29, 1.82) is 0 Å². The minimum absolute atomic E-state index is 0. The molecule has 1 aromatic rings. The van der Waals surface area contributed by atoms with Crippen LogP contribution in [0.25, 0.3) is 0 Å². The highest BCUT2D eigenvalue weighted by molar-refractivity contribution is 5.85. The average Bonchev–Trinajstić information content (AvgIpc) is 2.97. The van der Waals surface area contributed by atoms with E-state index in [0.29, 0.717) is 0 Å². The van der Waals surface area contributed by atoms with Crippen LogP contribution in [0.1, 0.15) is 31.2 Å². The maximum Gasteiger partial charge on any atom is 0.168 e. The Balaban J connectivity index is 0.00000161. The molecule has 5 heteroatoms. The summed E-state index contributed by atoms with van der Waals surface area (Å²) in [6, 6.07) is 8.35. The fraction of sp³-hybridized carbons (Fsp3) is 0.625. The fourth-order valence-electron chi connectivity index (χ4n) is 3.45. The van der Waals surface area contributed by atoms with Gasteiger partial charge in [-0.1, -0.05) is 12.1 Å². The van der Waals surface area contributed by atoms with E-state index < -0.39 is 0 Å². The second kappa shape index (κ2) is 6.53. The largest absolute Gasteiger partial charge is 0.497 e. The van der Waals surface area contributed by atoms with E-state index in [4.69, 9.17) is 14.2 Å². The van der Waals surface area contributed by atoms with E-state index in [2.05, 4.69) is 23.5 Å². The number of rotatable bonds is 3. The summed E-state index contributed by atoms with van der Waals surface area (Å²) in [4.78, 5) is 0. The topological polar surface area (TPSA) is 39.7 Å². The Morgan fingerprint density at radius 2 is 1.76 bits per heavy atom. The Morgan fingerprint density at radius 3 is 2.33 bits per heavy atom. The number of benzene rings is 1. The lowest BCUT2D eigenvalue weighted by Gasteiger charge is -2.44. The molecule has 2 aliphatic rings. The third-order valence-electron chi connectivity index (χ3n) is 4.78. The second-order valence-electron chi connectivity index (χ2n) is 5.67. The van der Waals surface area contributed by atoms with E-state index in [-0.39, 0.29) is 23.7 Å². The summed E-state index contributed by atoms with van der Waals surface area (Å²) in [5.41, 5.74) is 1.28. The number of methoxy groups -OCH3 is 1. The van der Waals surface area contributed by atoms with E-state index in [1.54, 1.807) is 7.11 Å². The van der Waals surface area contributed by atoms with E-state index in [1.807, 2.05) is 13.1 Å². The Hall–Kier alpha value is -0.810. The smallest absolute Gasteiger partial charge is 0.168 e. The van der Waals surface area contributed by atoms with Gasteiger partial charge in [-0.15, -0.1) is 12.4 Å². The van der Waals surface area contributed by atoms with Crippen LogP contribution in [0.2, 0.25) is 0 Å². The van der Waals surface area contributed by atoms with Crippen LogP contribution in [0.15, 0.2) is 24.3 Å². The quantitative estimate of drug-likeness (QED) is 0.931. The molecule has 0 amide bonds. The SMILES string of the molecule is CNC1(c2cccc(OC)c2)CCC2(CC1)OCCO2.Cl. The zero-order chi connectivity index (χ0) is 14.1. The Kier molecular flexibility index (Phi) is 5.15. The van der Waals surface area contributed by atoms with Gasteiger partial charge in [-0.25, -0.2) is 0 Å². The highest BCUT2D eigenvalue weighted by Crippen LogP contribution is 2.45. The van der Waals surface area contributed by atoms with E-state index in [1.165, 1.54) is 5.56 Å². The van der Waals surface area contributed by atoms with Gasteiger partial charge >= 0.3 is 0 Å². The predicted molar refractivity (Wildman–Crippen MR) is 84.1 cm³/mol. The highest BCUT2D eigenvalue weighted by Gasteiger charge is 2.46. The number of halogens is 1. The first-order valence-corrected chi connectivity index (χ1v) is 7.33. The molecule has 1 spiro atoms. The minimum atomic E-state index is -0.320. The van der Waals surface area contributed by atoms with Crippen LogP contribution in [-0.2, 0) is 15.0 Å². The Morgan fingerprint density at radius 1 is 1.10 bits per heavy atom. The fourth-order valence-corrected chi connectivity index (χ4v) is 3.45. The van der Waals surface area contributed by atoms with Crippen LogP contribution in [0.4, 0.5) is 0 Å². The standard InChI is InChI=1S/C16H23NO3.ClH/c1-17-15(13-4-3-5-14(12-13)18-2)6-8-16(9-7-15)19-10-11-20-16;/h3-5,12,17H,6-11H2,1-2H3;1H. The van der Waals surface area contributed by atoms with Gasteiger partial charge in [-0.2, -0.15) is 0 Å². The first-order valence-electron chi connectivity index (χ1n) is 7.33. The van der Waals surface area contributed by atoms with Gasteiger partial charge in [0.2, 0.25) is 0 Å². The summed E-state index contributed by atoms with van der Waals surface area (Å²) >= 11 is 0. The predicted octanol–water partition coefficient (Wildman–Crippen LogP) is 2.85. The van der Waals surface area contributed by atoms with Crippen LogP contribution in [0.3, 0.4) is 0 Å². The van der Waals surface area contributed by atoms with Crippen molar-refractivity contribution >= 4 is 12.4 Å². The van der Waals surface area contributed by atoms with Crippen molar-refractivity contribution in [1.82, 2.24) is 5.32 Å². The summed E-state index contributed by atoms with van der Waals surface area (Å²) in [5, 5.41) is 3.52. The van der Waals surface area contributed by atoms with E-state index >= 15 is 0 Å².